The number of hydrogen-bond acceptors (Lipinski definition) is 2. The van der Waals surface area contributed by atoms with Crippen molar-refractivity contribution in [3.8, 4) is 6.07 Å². The summed E-state index contributed by atoms with van der Waals surface area (Å²) in [6, 6.07) is 10.4. The first kappa shape index (κ1) is 20.9. The van der Waals surface area contributed by atoms with E-state index in [0.29, 0.717) is 5.41 Å². The second kappa shape index (κ2) is 8.06. The van der Waals surface area contributed by atoms with Crippen LogP contribution in [0.15, 0.2) is 36.7 Å². The van der Waals surface area contributed by atoms with Gasteiger partial charge in [-0.25, -0.2) is 0 Å². The Labute approximate surface area is 181 Å². The van der Waals surface area contributed by atoms with Gasteiger partial charge in [0.25, 0.3) is 0 Å². The quantitative estimate of drug-likeness (QED) is 0.441. The van der Waals surface area contributed by atoms with E-state index in [2.05, 4.69) is 39.0 Å². The first-order valence-electron chi connectivity index (χ1n) is 11.5. The van der Waals surface area contributed by atoms with Gasteiger partial charge < -0.3 is 0 Å². The molecule has 2 fully saturated rings. The summed E-state index contributed by atoms with van der Waals surface area (Å²) in [5, 5.41) is 18.0. The lowest BCUT2D eigenvalue weighted by molar-refractivity contribution is -0.904. The number of aryl methyl sites for hydroxylation is 1. The van der Waals surface area contributed by atoms with E-state index in [1.165, 1.54) is 49.7 Å². The van der Waals surface area contributed by atoms with Gasteiger partial charge in [0.15, 0.2) is 0 Å². The third-order valence-electron chi connectivity index (χ3n) is 8.77. The van der Waals surface area contributed by atoms with Gasteiger partial charge in [-0.15, -0.1) is 0 Å². The highest BCUT2D eigenvalue weighted by Crippen LogP contribution is 2.62. The molecule has 0 radical (unpaired) electrons. The van der Waals surface area contributed by atoms with Crippen molar-refractivity contribution < 1.29 is 9.94 Å². The maximum Gasteiger partial charge on any atom is 0.222 e. The molecule has 1 aromatic carbocycles. The van der Waals surface area contributed by atoms with E-state index in [1.54, 1.807) is 18.0 Å². The van der Waals surface area contributed by atoms with Crippen LogP contribution in [0.3, 0.4) is 0 Å². The average Bonchev–Trinajstić information content (AvgIpc) is 3.05. The van der Waals surface area contributed by atoms with Gasteiger partial charge in [-0.3, -0.25) is 5.21 Å². The molecule has 30 heavy (non-hydrogen) atoms. The van der Waals surface area contributed by atoms with E-state index in [-0.39, 0.29) is 0 Å². The van der Waals surface area contributed by atoms with Crippen LogP contribution in [0.25, 0.3) is 0 Å². The highest BCUT2D eigenvalue weighted by Gasteiger charge is 2.53. The number of aromatic nitrogens is 1. The zero-order valence-electron chi connectivity index (χ0n) is 18.9. The molecule has 5 rings (SSSR count). The summed E-state index contributed by atoms with van der Waals surface area (Å²) in [4.78, 5) is 0. The van der Waals surface area contributed by atoms with Crippen LogP contribution in [0, 0.1) is 48.3 Å². The standard InChI is InChI=1S/C21H27N.C6H8NO/c1-13-4-9-20-19-8-7-16-14(2)15(12-22)5-6-17(16)18(19)10-11-21(13,20)3;1-6-2-4-7(8)5-3-6/h5-6,13,18-20H,4,7-11H2,1-3H3;2-5,8H,1H3/q;+1/t13-,18?,19?,20?,21+;/m0./s1. The molecule has 1 heterocycles. The molecule has 3 heteroatoms. The molecule has 0 amide bonds. The largest absolute Gasteiger partial charge is 0.285 e. The predicted octanol–water partition coefficient (Wildman–Crippen LogP) is 5.88. The molecule has 2 saturated carbocycles. The molecule has 3 aliphatic rings. The van der Waals surface area contributed by atoms with Gasteiger partial charge in [0.1, 0.15) is 0 Å². The molecule has 5 atom stereocenters. The van der Waals surface area contributed by atoms with Crippen LogP contribution >= 0.6 is 0 Å². The monoisotopic (exact) mass is 403 g/mol. The summed E-state index contributed by atoms with van der Waals surface area (Å²) in [7, 11) is 0. The van der Waals surface area contributed by atoms with Crippen LogP contribution in [0.2, 0.25) is 0 Å². The zero-order valence-corrected chi connectivity index (χ0v) is 18.9. The van der Waals surface area contributed by atoms with Crippen molar-refractivity contribution in [1.82, 2.24) is 0 Å². The lowest BCUT2D eigenvalue weighted by Gasteiger charge is -2.51. The second-order valence-electron chi connectivity index (χ2n) is 10.1. The van der Waals surface area contributed by atoms with Crippen molar-refractivity contribution in [2.24, 2.45) is 23.2 Å². The van der Waals surface area contributed by atoms with E-state index >= 15 is 0 Å². The molecule has 0 aliphatic heterocycles. The van der Waals surface area contributed by atoms with Crippen molar-refractivity contribution in [2.75, 3.05) is 0 Å². The summed E-state index contributed by atoms with van der Waals surface area (Å²) in [6.45, 7) is 9.19. The summed E-state index contributed by atoms with van der Waals surface area (Å²) in [5.41, 5.74) is 6.99. The van der Waals surface area contributed by atoms with Crippen molar-refractivity contribution in [2.45, 2.75) is 72.1 Å². The van der Waals surface area contributed by atoms with Crippen LogP contribution in [-0.4, -0.2) is 5.21 Å². The second-order valence-corrected chi connectivity index (χ2v) is 10.1. The Morgan fingerprint density at radius 3 is 2.47 bits per heavy atom. The van der Waals surface area contributed by atoms with Gasteiger partial charge in [0, 0.05) is 16.9 Å². The smallest absolute Gasteiger partial charge is 0.222 e. The Morgan fingerprint density at radius 1 is 1.07 bits per heavy atom. The van der Waals surface area contributed by atoms with Gasteiger partial charge in [-0.2, -0.15) is 5.26 Å². The Morgan fingerprint density at radius 2 is 1.80 bits per heavy atom. The van der Waals surface area contributed by atoms with Crippen LogP contribution in [0.1, 0.15) is 79.7 Å². The van der Waals surface area contributed by atoms with Crippen LogP contribution in [0.4, 0.5) is 0 Å². The van der Waals surface area contributed by atoms with Crippen molar-refractivity contribution in [3.05, 3.63) is 64.5 Å². The maximum atomic E-state index is 9.29. The van der Waals surface area contributed by atoms with Crippen molar-refractivity contribution in [3.63, 3.8) is 0 Å². The summed E-state index contributed by atoms with van der Waals surface area (Å²) in [6.07, 6.45) is 11.4. The molecule has 3 aliphatic carbocycles. The average molecular weight is 404 g/mol. The minimum Gasteiger partial charge on any atom is -0.285 e. The third kappa shape index (κ3) is 3.51. The van der Waals surface area contributed by atoms with Gasteiger partial charge in [-0.1, -0.05) is 19.9 Å². The normalized spacial score (nSPS) is 31.4. The number of rotatable bonds is 0. The third-order valence-corrected chi connectivity index (χ3v) is 8.77. The van der Waals surface area contributed by atoms with Crippen molar-refractivity contribution in [1.29, 1.82) is 5.26 Å². The van der Waals surface area contributed by atoms with E-state index in [1.807, 2.05) is 19.1 Å². The maximum absolute atomic E-state index is 9.29. The minimum atomic E-state index is 0.598. The van der Waals surface area contributed by atoms with E-state index in [4.69, 9.17) is 5.21 Å². The van der Waals surface area contributed by atoms with E-state index < -0.39 is 0 Å². The van der Waals surface area contributed by atoms with Gasteiger partial charge in [-0.05, 0) is 110 Å². The van der Waals surface area contributed by atoms with Crippen LogP contribution in [0.5, 0.6) is 0 Å². The molecular weight excluding hydrogens is 368 g/mol. The molecule has 1 aromatic heterocycles. The highest BCUT2D eigenvalue weighted by molar-refractivity contribution is 5.49. The molecule has 3 unspecified atom stereocenters. The van der Waals surface area contributed by atoms with Crippen molar-refractivity contribution >= 4 is 0 Å². The SMILES string of the molecule is Cc1c(C#N)ccc2c1CCC1C2CC[C@@]2(C)C1CC[C@@H]2C.Cc1cc[n+](O)cc1. The first-order chi connectivity index (χ1) is 14.3. The summed E-state index contributed by atoms with van der Waals surface area (Å²) < 4.78 is 1.02. The molecule has 0 spiro atoms. The lowest BCUT2D eigenvalue weighted by atomic mass is 9.54. The fraction of sp³-hybridized carbons (Fsp3) is 0.556. The Balaban J connectivity index is 0.000000230. The van der Waals surface area contributed by atoms with E-state index in [9.17, 15) is 5.26 Å². The van der Waals surface area contributed by atoms with E-state index in [0.717, 1.165) is 39.5 Å². The molecule has 2 aromatic rings. The van der Waals surface area contributed by atoms with Gasteiger partial charge in [0.05, 0.1) is 11.6 Å². The lowest BCUT2D eigenvalue weighted by Crippen LogP contribution is -2.41. The Kier molecular flexibility index (Phi) is 5.62. The fourth-order valence-electron chi connectivity index (χ4n) is 6.72. The molecular formula is C27H35N2O+. The number of benzene rings is 1. The number of hydrogen-bond donors (Lipinski definition) is 1. The first-order valence-corrected chi connectivity index (χ1v) is 11.5. The fourth-order valence-corrected chi connectivity index (χ4v) is 6.72. The Hall–Kier alpha value is -2.34. The topological polar surface area (TPSA) is 47.9 Å². The predicted molar refractivity (Wildman–Crippen MR) is 118 cm³/mol. The summed E-state index contributed by atoms with van der Waals surface area (Å²) in [5.74, 6) is 3.50. The molecule has 1 N–H and O–H groups in total. The minimum absolute atomic E-state index is 0.598. The number of nitriles is 1. The number of nitrogens with zero attached hydrogens (tertiary/aromatic N) is 2. The Bertz CT molecular complexity index is 937. The van der Waals surface area contributed by atoms with Gasteiger partial charge in [0.2, 0.25) is 12.4 Å². The molecule has 158 valence electrons. The summed E-state index contributed by atoms with van der Waals surface area (Å²) >= 11 is 0. The highest BCUT2D eigenvalue weighted by atomic mass is 16.5. The zero-order chi connectivity index (χ0) is 21.5. The molecule has 0 saturated heterocycles. The number of pyridine rings is 1. The van der Waals surface area contributed by atoms with Crippen LogP contribution < -0.4 is 4.73 Å². The molecule has 0 bridgehead atoms. The van der Waals surface area contributed by atoms with Crippen LogP contribution in [-0.2, 0) is 6.42 Å². The van der Waals surface area contributed by atoms with Gasteiger partial charge >= 0.3 is 0 Å². The number of fused-ring (bicyclic) bond motifs is 5. The molecule has 3 nitrogen and oxygen atoms in total.